The van der Waals surface area contributed by atoms with Crippen LogP contribution < -0.4 is 5.32 Å². The van der Waals surface area contributed by atoms with Crippen LogP contribution in [0.2, 0.25) is 5.02 Å². The van der Waals surface area contributed by atoms with Gasteiger partial charge in [-0.15, -0.1) is 0 Å². The molecule has 0 heterocycles. The average molecular weight is 272 g/mol. The standard InChI is InChI=1S/C14H19ClFNO/c1-18-8-7-17-10-14(5-2-6-14)12-4-3-11(16)9-13(12)15/h3-4,9,17H,2,5-8,10H2,1H3. The first-order valence-electron chi connectivity index (χ1n) is 6.33. The number of benzene rings is 1. The highest BCUT2D eigenvalue weighted by atomic mass is 35.5. The van der Waals surface area contributed by atoms with E-state index < -0.39 is 0 Å². The minimum atomic E-state index is -0.273. The number of hydrogen-bond acceptors (Lipinski definition) is 2. The lowest BCUT2D eigenvalue weighted by molar-refractivity contribution is 0.185. The van der Waals surface area contributed by atoms with Gasteiger partial charge in [-0.2, -0.15) is 0 Å². The highest BCUT2D eigenvalue weighted by Gasteiger charge is 2.39. The molecule has 1 aromatic rings. The summed E-state index contributed by atoms with van der Waals surface area (Å²) in [7, 11) is 1.69. The molecule has 100 valence electrons. The van der Waals surface area contributed by atoms with E-state index in [1.54, 1.807) is 7.11 Å². The summed E-state index contributed by atoms with van der Waals surface area (Å²) in [6.45, 7) is 2.41. The highest BCUT2D eigenvalue weighted by molar-refractivity contribution is 6.31. The molecule has 0 unspecified atom stereocenters. The molecule has 0 aromatic heterocycles. The molecule has 1 saturated carbocycles. The van der Waals surface area contributed by atoms with Crippen LogP contribution in [0.4, 0.5) is 4.39 Å². The summed E-state index contributed by atoms with van der Waals surface area (Å²) < 4.78 is 18.1. The van der Waals surface area contributed by atoms with Crippen LogP contribution in [-0.4, -0.2) is 26.8 Å². The Hall–Kier alpha value is -0.640. The van der Waals surface area contributed by atoms with Crippen LogP contribution in [0.1, 0.15) is 24.8 Å². The zero-order chi connectivity index (χ0) is 13.0. The summed E-state index contributed by atoms with van der Waals surface area (Å²) in [5, 5.41) is 3.94. The van der Waals surface area contributed by atoms with Gasteiger partial charge in [0.1, 0.15) is 5.82 Å². The Morgan fingerprint density at radius 2 is 2.22 bits per heavy atom. The van der Waals surface area contributed by atoms with Gasteiger partial charge in [-0.3, -0.25) is 0 Å². The maximum Gasteiger partial charge on any atom is 0.124 e. The monoisotopic (exact) mass is 271 g/mol. The van der Waals surface area contributed by atoms with E-state index in [0.717, 1.165) is 31.5 Å². The number of ether oxygens (including phenoxy) is 1. The minimum absolute atomic E-state index is 0.0819. The van der Waals surface area contributed by atoms with Crippen molar-refractivity contribution in [1.82, 2.24) is 5.32 Å². The fourth-order valence-electron chi connectivity index (χ4n) is 2.57. The fraction of sp³-hybridized carbons (Fsp3) is 0.571. The number of methoxy groups -OCH3 is 1. The first kappa shape index (κ1) is 13.8. The van der Waals surface area contributed by atoms with Gasteiger partial charge >= 0.3 is 0 Å². The summed E-state index contributed by atoms with van der Waals surface area (Å²) in [5.74, 6) is -0.273. The molecule has 18 heavy (non-hydrogen) atoms. The van der Waals surface area contributed by atoms with Crippen molar-refractivity contribution in [2.24, 2.45) is 0 Å². The maximum absolute atomic E-state index is 13.1. The van der Waals surface area contributed by atoms with Crippen LogP contribution >= 0.6 is 11.6 Å². The van der Waals surface area contributed by atoms with E-state index in [-0.39, 0.29) is 11.2 Å². The number of hydrogen-bond donors (Lipinski definition) is 1. The normalized spacial score (nSPS) is 17.5. The number of nitrogens with one attached hydrogen (secondary N) is 1. The van der Waals surface area contributed by atoms with Crippen molar-refractivity contribution < 1.29 is 9.13 Å². The molecule has 0 spiro atoms. The summed E-state index contributed by atoms with van der Waals surface area (Å²) in [5.41, 5.74) is 1.15. The number of halogens is 2. The number of rotatable bonds is 6. The Morgan fingerprint density at radius 1 is 1.44 bits per heavy atom. The van der Waals surface area contributed by atoms with Gasteiger partial charge in [0.15, 0.2) is 0 Å². The van der Waals surface area contributed by atoms with Gasteiger partial charge in [0.25, 0.3) is 0 Å². The lowest BCUT2D eigenvalue weighted by atomic mass is 9.64. The van der Waals surface area contributed by atoms with Gasteiger partial charge in [0, 0.05) is 30.6 Å². The molecule has 1 N–H and O–H groups in total. The van der Waals surface area contributed by atoms with Gasteiger partial charge in [0.05, 0.1) is 6.61 Å². The molecule has 1 aliphatic carbocycles. The van der Waals surface area contributed by atoms with Crippen LogP contribution in [0.5, 0.6) is 0 Å². The van der Waals surface area contributed by atoms with E-state index in [1.165, 1.54) is 18.6 Å². The second kappa shape index (κ2) is 6.00. The van der Waals surface area contributed by atoms with Crippen LogP contribution in [0, 0.1) is 5.82 Å². The molecule has 0 radical (unpaired) electrons. The molecule has 1 aromatic carbocycles. The smallest absolute Gasteiger partial charge is 0.124 e. The van der Waals surface area contributed by atoms with Crippen molar-refractivity contribution in [2.75, 3.05) is 26.8 Å². The van der Waals surface area contributed by atoms with E-state index in [4.69, 9.17) is 16.3 Å². The summed E-state index contributed by atoms with van der Waals surface area (Å²) in [6, 6.07) is 4.73. The first-order valence-corrected chi connectivity index (χ1v) is 6.71. The molecule has 0 bridgehead atoms. The Morgan fingerprint density at radius 3 is 2.78 bits per heavy atom. The molecular weight excluding hydrogens is 253 g/mol. The molecule has 0 saturated heterocycles. The third-order valence-electron chi connectivity index (χ3n) is 3.76. The summed E-state index contributed by atoms with van der Waals surface area (Å²) in [4.78, 5) is 0. The molecule has 1 fully saturated rings. The van der Waals surface area contributed by atoms with Crippen molar-refractivity contribution in [3.05, 3.63) is 34.6 Å². The van der Waals surface area contributed by atoms with Crippen molar-refractivity contribution in [1.29, 1.82) is 0 Å². The van der Waals surface area contributed by atoms with Gasteiger partial charge in [0.2, 0.25) is 0 Å². The second-order valence-electron chi connectivity index (χ2n) is 4.93. The quantitative estimate of drug-likeness (QED) is 0.803. The second-order valence-corrected chi connectivity index (χ2v) is 5.33. The predicted molar refractivity (Wildman–Crippen MR) is 71.7 cm³/mol. The van der Waals surface area contributed by atoms with Crippen molar-refractivity contribution in [3.8, 4) is 0 Å². The molecule has 0 amide bonds. The van der Waals surface area contributed by atoms with E-state index in [0.29, 0.717) is 11.6 Å². The van der Waals surface area contributed by atoms with Gasteiger partial charge in [-0.1, -0.05) is 24.1 Å². The highest BCUT2D eigenvalue weighted by Crippen LogP contribution is 2.45. The molecule has 2 rings (SSSR count). The molecule has 0 aliphatic heterocycles. The van der Waals surface area contributed by atoms with Gasteiger partial charge < -0.3 is 10.1 Å². The lowest BCUT2D eigenvalue weighted by Gasteiger charge is -2.43. The van der Waals surface area contributed by atoms with E-state index in [2.05, 4.69) is 5.32 Å². The Bertz CT molecular complexity index is 407. The largest absolute Gasteiger partial charge is 0.383 e. The molecule has 1 aliphatic rings. The summed E-state index contributed by atoms with van der Waals surface area (Å²) >= 11 is 6.17. The van der Waals surface area contributed by atoms with Crippen molar-refractivity contribution in [3.63, 3.8) is 0 Å². The van der Waals surface area contributed by atoms with Crippen molar-refractivity contribution >= 4 is 11.6 Å². The average Bonchev–Trinajstić information content (AvgIpc) is 2.29. The molecule has 0 atom stereocenters. The molecule has 4 heteroatoms. The van der Waals surface area contributed by atoms with Crippen LogP contribution in [0.3, 0.4) is 0 Å². The van der Waals surface area contributed by atoms with Gasteiger partial charge in [-0.05, 0) is 30.5 Å². The first-order chi connectivity index (χ1) is 8.68. The minimum Gasteiger partial charge on any atom is -0.383 e. The van der Waals surface area contributed by atoms with E-state index >= 15 is 0 Å². The van der Waals surface area contributed by atoms with Crippen LogP contribution in [-0.2, 0) is 10.2 Å². The fourth-order valence-corrected chi connectivity index (χ4v) is 2.93. The topological polar surface area (TPSA) is 21.3 Å². The van der Waals surface area contributed by atoms with E-state index in [1.807, 2.05) is 6.07 Å². The van der Waals surface area contributed by atoms with Crippen molar-refractivity contribution in [2.45, 2.75) is 24.7 Å². The summed E-state index contributed by atoms with van der Waals surface area (Å²) in [6.07, 6.45) is 3.43. The predicted octanol–water partition coefficient (Wildman–Crippen LogP) is 3.14. The lowest BCUT2D eigenvalue weighted by Crippen LogP contribution is -2.44. The Kier molecular flexibility index (Phi) is 4.60. The Balaban J connectivity index is 2.06. The van der Waals surface area contributed by atoms with E-state index in [9.17, 15) is 4.39 Å². The van der Waals surface area contributed by atoms with Gasteiger partial charge in [-0.25, -0.2) is 4.39 Å². The third-order valence-corrected chi connectivity index (χ3v) is 4.07. The SMILES string of the molecule is COCCNCC1(c2ccc(F)cc2Cl)CCC1. The zero-order valence-corrected chi connectivity index (χ0v) is 11.4. The maximum atomic E-state index is 13.1. The zero-order valence-electron chi connectivity index (χ0n) is 10.6. The van der Waals surface area contributed by atoms with Crippen LogP contribution in [0.25, 0.3) is 0 Å². The Labute approximate surface area is 112 Å². The van der Waals surface area contributed by atoms with Crippen LogP contribution in [0.15, 0.2) is 18.2 Å². The third kappa shape index (κ3) is 2.85. The molecular formula is C14H19ClFNO. The molecule has 2 nitrogen and oxygen atoms in total.